The quantitative estimate of drug-likeness (QED) is 0.918. The number of aromatic nitrogens is 2. The van der Waals surface area contributed by atoms with Crippen LogP contribution < -0.4 is 14.8 Å². The van der Waals surface area contributed by atoms with Crippen LogP contribution in [0.1, 0.15) is 5.69 Å². The zero-order valence-corrected chi connectivity index (χ0v) is 13.2. The van der Waals surface area contributed by atoms with Crippen LogP contribution in [-0.2, 0) is 13.6 Å². The van der Waals surface area contributed by atoms with E-state index in [1.807, 2.05) is 13.1 Å². The number of benzene rings is 1. The zero-order valence-electron chi connectivity index (χ0n) is 13.2. The highest BCUT2D eigenvalue weighted by Gasteiger charge is 2.14. The van der Waals surface area contributed by atoms with Crippen molar-refractivity contribution < 1.29 is 14.3 Å². The number of nitrogens with one attached hydrogen (secondary N) is 1. The lowest BCUT2D eigenvalue weighted by atomic mass is 10.2. The molecule has 1 aromatic heterocycles. The molecule has 0 bridgehead atoms. The van der Waals surface area contributed by atoms with Crippen LogP contribution in [0.5, 0.6) is 11.5 Å². The lowest BCUT2D eigenvalue weighted by Gasteiger charge is -2.19. The summed E-state index contributed by atoms with van der Waals surface area (Å²) in [5.41, 5.74) is 1.50. The average Bonchev–Trinajstić information content (AvgIpc) is 2.92. The number of nitrogens with zero attached hydrogens (tertiary/aromatic N) is 3. The molecule has 118 valence electrons. The summed E-state index contributed by atoms with van der Waals surface area (Å²) in [6, 6.07) is 6.86. The predicted molar refractivity (Wildman–Crippen MR) is 83.2 cm³/mol. The topological polar surface area (TPSA) is 68.6 Å². The Hall–Kier alpha value is -2.70. The number of ether oxygens (including phenoxy) is 2. The summed E-state index contributed by atoms with van der Waals surface area (Å²) in [7, 11) is 6.68. The summed E-state index contributed by atoms with van der Waals surface area (Å²) in [6.07, 6.45) is 1.70. The molecular weight excluding hydrogens is 284 g/mol. The van der Waals surface area contributed by atoms with E-state index < -0.39 is 0 Å². The van der Waals surface area contributed by atoms with Crippen LogP contribution in [0.25, 0.3) is 0 Å². The Morgan fingerprint density at radius 3 is 2.68 bits per heavy atom. The van der Waals surface area contributed by atoms with E-state index in [0.717, 1.165) is 5.69 Å². The van der Waals surface area contributed by atoms with Gasteiger partial charge < -0.3 is 19.7 Å². The number of hydrogen-bond donors (Lipinski definition) is 1. The fourth-order valence-corrected chi connectivity index (χ4v) is 1.99. The molecule has 0 atom stereocenters. The minimum atomic E-state index is -0.243. The molecule has 0 fully saturated rings. The molecule has 1 heterocycles. The number of anilines is 1. The van der Waals surface area contributed by atoms with Crippen molar-refractivity contribution in [1.29, 1.82) is 0 Å². The number of methoxy groups -OCH3 is 2. The van der Waals surface area contributed by atoms with Gasteiger partial charge in [-0.2, -0.15) is 5.10 Å². The smallest absolute Gasteiger partial charge is 0.322 e. The van der Waals surface area contributed by atoms with Gasteiger partial charge in [0.05, 0.1) is 32.1 Å². The van der Waals surface area contributed by atoms with Gasteiger partial charge in [-0.15, -0.1) is 0 Å². The van der Waals surface area contributed by atoms with E-state index in [1.54, 1.807) is 55.2 Å². The van der Waals surface area contributed by atoms with E-state index in [-0.39, 0.29) is 6.03 Å². The maximum absolute atomic E-state index is 12.3. The van der Waals surface area contributed by atoms with Gasteiger partial charge in [0.2, 0.25) is 0 Å². The molecule has 0 aliphatic rings. The van der Waals surface area contributed by atoms with Crippen LogP contribution >= 0.6 is 0 Å². The van der Waals surface area contributed by atoms with Crippen molar-refractivity contribution in [3.63, 3.8) is 0 Å². The fraction of sp³-hybridized carbons (Fsp3) is 0.333. The molecule has 0 saturated heterocycles. The molecule has 7 heteroatoms. The first-order valence-electron chi connectivity index (χ1n) is 6.76. The first kappa shape index (κ1) is 15.7. The highest BCUT2D eigenvalue weighted by atomic mass is 16.5. The largest absolute Gasteiger partial charge is 0.497 e. The predicted octanol–water partition coefficient (Wildman–Crippen LogP) is 2.10. The normalized spacial score (nSPS) is 10.2. The molecule has 2 amide bonds. The van der Waals surface area contributed by atoms with Crippen LogP contribution in [0.15, 0.2) is 30.5 Å². The van der Waals surface area contributed by atoms with Crippen molar-refractivity contribution in [2.75, 3.05) is 26.6 Å². The summed E-state index contributed by atoms with van der Waals surface area (Å²) in [4.78, 5) is 13.9. The second kappa shape index (κ2) is 6.84. The van der Waals surface area contributed by atoms with Crippen LogP contribution in [0.4, 0.5) is 10.5 Å². The molecule has 0 aliphatic carbocycles. The number of rotatable bonds is 5. The van der Waals surface area contributed by atoms with Crippen LogP contribution in [0, 0.1) is 0 Å². The Labute approximate surface area is 129 Å². The summed E-state index contributed by atoms with van der Waals surface area (Å²) in [5, 5.41) is 6.90. The van der Waals surface area contributed by atoms with Crippen LogP contribution in [0.2, 0.25) is 0 Å². The van der Waals surface area contributed by atoms with Gasteiger partial charge in [0, 0.05) is 26.4 Å². The lowest BCUT2D eigenvalue weighted by molar-refractivity contribution is 0.219. The number of aryl methyl sites for hydroxylation is 1. The van der Waals surface area contributed by atoms with Crippen molar-refractivity contribution in [1.82, 2.24) is 14.7 Å². The number of hydrogen-bond acceptors (Lipinski definition) is 4. The molecule has 0 radical (unpaired) electrons. The van der Waals surface area contributed by atoms with E-state index >= 15 is 0 Å². The van der Waals surface area contributed by atoms with Crippen molar-refractivity contribution in [2.24, 2.45) is 7.05 Å². The zero-order chi connectivity index (χ0) is 16.1. The summed E-state index contributed by atoms with van der Waals surface area (Å²) in [6.45, 7) is 0.453. The molecule has 0 spiro atoms. The van der Waals surface area contributed by atoms with Gasteiger partial charge in [0.25, 0.3) is 0 Å². The molecule has 22 heavy (non-hydrogen) atoms. The molecule has 1 N–H and O–H groups in total. The van der Waals surface area contributed by atoms with E-state index in [2.05, 4.69) is 10.4 Å². The Bertz CT molecular complexity index is 654. The third kappa shape index (κ3) is 3.49. The maximum Gasteiger partial charge on any atom is 0.322 e. The Morgan fingerprint density at radius 1 is 1.32 bits per heavy atom. The van der Waals surface area contributed by atoms with Gasteiger partial charge in [-0.05, 0) is 18.2 Å². The first-order chi connectivity index (χ1) is 10.5. The Balaban J connectivity index is 2.09. The highest BCUT2D eigenvalue weighted by molar-refractivity contribution is 5.91. The molecule has 7 nitrogen and oxygen atoms in total. The standard InChI is InChI=1S/C15H20N4O3/c1-18(10-11-7-8-16-19(11)2)15(20)17-13-9-12(21-3)5-6-14(13)22-4/h5-9H,10H2,1-4H3,(H,17,20). The van der Waals surface area contributed by atoms with Gasteiger partial charge in [0.1, 0.15) is 11.5 Å². The molecule has 0 saturated carbocycles. The SMILES string of the molecule is COc1ccc(OC)c(NC(=O)N(C)Cc2ccnn2C)c1. The maximum atomic E-state index is 12.3. The van der Waals surface area contributed by atoms with Crippen LogP contribution in [-0.4, -0.2) is 42.0 Å². The number of urea groups is 1. The Morgan fingerprint density at radius 2 is 2.09 bits per heavy atom. The van der Waals surface area contributed by atoms with Crippen molar-refractivity contribution >= 4 is 11.7 Å². The molecule has 0 unspecified atom stereocenters. The Kier molecular flexibility index (Phi) is 4.88. The molecule has 2 rings (SSSR count). The third-order valence-electron chi connectivity index (χ3n) is 3.32. The van der Waals surface area contributed by atoms with Crippen LogP contribution in [0.3, 0.4) is 0 Å². The van der Waals surface area contributed by atoms with E-state index in [4.69, 9.17) is 9.47 Å². The number of amides is 2. The van der Waals surface area contributed by atoms with Gasteiger partial charge in [-0.1, -0.05) is 0 Å². The second-order valence-electron chi connectivity index (χ2n) is 4.80. The van der Waals surface area contributed by atoms with Crippen molar-refractivity contribution in [3.8, 4) is 11.5 Å². The second-order valence-corrected chi connectivity index (χ2v) is 4.80. The highest BCUT2D eigenvalue weighted by Crippen LogP contribution is 2.29. The number of carbonyl (C=O) groups excluding carboxylic acids is 1. The lowest BCUT2D eigenvalue weighted by Crippen LogP contribution is -2.31. The summed E-state index contributed by atoms with van der Waals surface area (Å²) >= 11 is 0. The first-order valence-corrected chi connectivity index (χ1v) is 6.76. The van der Waals surface area contributed by atoms with Gasteiger partial charge in [-0.3, -0.25) is 4.68 Å². The number of carbonyl (C=O) groups is 1. The van der Waals surface area contributed by atoms with Crippen molar-refractivity contribution in [3.05, 3.63) is 36.2 Å². The fourth-order valence-electron chi connectivity index (χ4n) is 1.99. The average molecular weight is 304 g/mol. The monoisotopic (exact) mass is 304 g/mol. The summed E-state index contributed by atoms with van der Waals surface area (Å²) in [5.74, 6) is 1.22. The molecular formula is C15H20N4O3. The van der Waals surface area contributed by atoms with Gasteiger partial charge >= 0.3 is 6.03 Å². The van der Waals surface area contributed by atoms with Crippen molar-refractivity contribution in [2.45, 2.75) is 6.54 Å². The molecule has 0 aliphatic heterocycles. The van der Waals surface area contributed by atoms with E-state index in [1.165, 1.54) is 0 Å². The van der Waals surface area contributed by atoms with E-state index in [0.29, 0.717) is 23.7 Å². The molecule has 2 aromatic rings. The minimum Gasteiger partial charge on any atom is -0.497 e. The third-order valence-corrected chi connectivity index (χ3v) is 3.32. The van der Waals surface area contributed by atoms with E-state index in [9.17, 15) is 4.79 Å². The van der Waals surface area contributed by atoms with Gasteiger partial charge in [0.15, 0.2) is 0 Å². The molecule has 1 aromatic carbocycles. The summed E-state index contributed by atoms with van der Waals surface area (Å²) < 4.78 is 12.1. The minimum absolute atomic E-state index is 0.243. The van der Waals surface area contributed by atoms with Gasteiger partial charge in [-0.25, -0.2) is 4.79 Å².